The van der Waals surface area contributed by atoms with Crippen LogP contribution in [0.3, 0.4) is 0 Å². The summed E-state index contributed by atoms with van der Waals surface area (Å²) in [6.07, 6.45) is 2.76. The number of nitrogens with one attached hydrogen (secondary N) is 1. The molecule has 1 aromatic heterocycles. The van der Waals surface area contributed by atoms with Crippen LogP contribution < -0.4 is 11.1 Å². The molecule has 0 unspecified atom stereocenters. The Labute approximate surface area is 64.8 Å². The zero-order chi connectivity index (χ0) is 7.68. The molecule has 1 aromatic rings. The van der Waals surface area contributed by atoms with Crippen molar-refractivity contribution in [3.8, 4) is 0 Å². The number of hydrogen-bond acceptors (Lipinski definition) is 4. The van der Waals surface area contributed by atoms with Gasteiger partial charge in [0.25, 0.3) is 0 Å². The lowest BCUT2D eigenvalue weighted by Crippen LogP contribution is -2.25. The monoisotopic (exact) mass is 150 g/mol. The van der Waals surface area contributed by atoms with E-state index >= 15 is 0 Å². The Morgan fingerprint density at radius 3 is 3.36 bits per heavy atom. The third-order valence-electron chi connectivity index (χ3n) is 1.83. The van der Waals surface area contributed by atoms with Crippen molar-refractivity contribution in [2.45, 2.75) is 13.0 Å². The molecule has 58 valence electrons. The largest absolute Gasteiger partial charge is 0.368 e. The maximum Gasteiger partial charge on any atom is 0.220 e. The molecule has 0 atom stereocenters. The second-order valence-electron chi connectivity index (χ2n) is 2.63. The molecule has 4 nitrogen and oxygen atoms in total. The Balaban J connectivity index is 2.43. The maximum absolute atomic E-state index is 5.44. The lowest BCUT2D eigenvalue weighted by Gasteiger charge is -2.14. The molecule has 2 rings (SSSR count). The summed E-state index contributed by atoms with van der Waals surface area (Å²) in [7, 11) is 0. The molecule has 0 radical (unpaired) electrons. The predicted octanol–water partition coefficient (Wildman–Crippen LogP) is -0.296. The van der Waals surface area contributed by atoms with E-state index in [4.69, 9.17) is 5.73 Å². The van der Waals surface area contributed by atoms with E-state index in [1.807, 2.05) is 0 Å². The molecule has 4 heteroatoms. The summed E-state index contributed by atoms with van der Waals surface area (Å²) in [6, 6.07) is 0. The van der Waals surface area contributed by atoms with Crippen molar-refractivity contribution in [3.05, 3.63) is 17.5 Å². The van der Waals surface area contributed by atoms with Crippen LogP contribution in [0.1, 0.15) is 11.3 Å². The van der Waals surface area contributed by atoms with Crippen molar-refractivity contribution >= 4 is 5.95 Å². The van der Waals surface area contributed by atoms with Gasteiger partial charge in [0.2, 0.25) is 5.95 Å². The first kappa shape index (κ1) is 6.54. The van der Waals surface area contributed by atoms with Crippen molar-refractivity contribution in [1.29, 1.82) is 0 Å². The molecule has 0 aliphatic carbocycles. The summed E-state index contributed by atoms with van der Waals surface area (Å²) in [5.41, 5.74) is 7.70. The summed E-state index contributed by atoms with van der Waals surface area (Å²) >= 11 is 0. The lowest BCUT2D eigenvalue weighted by atomic mass is 10.1. The van der Waals surface area contributed by atoms with E-state index in [9.17, 15) is 0 Å². The van der Waals surface area contributed by atoms with Crippen LogP contribution in [-0.2, 0) is 13.0 Å². The third-order valence-corrected chi connectivity index (χ3v) is 1.83. The van der Waals surface area contributed by atoms with E-state index in [1.54, 1.807) is 6.20 Å². The first-order chi connectivity index (χ1) is 5.36. The van der Waals surface area contributed by atoms with Crippen molar-refractivity contribution in [2.24, 2.45) is 0 Å². The fraction of sp³-hybridized carbons (Fsp3) is 0.429. The van der Waals surface area contributed by atoms with E-state index in [2.05, 4.69) is 15.3 Å². The standard InChI is InChI=1S/C7H10N4/c8-7-10-4-5-3-9-2-1-6(5)11-7/h4,9H,1-3H2,(H2,8,10,11). The fourth-order valence-electron chi connectivity index (χ4n) is 1.25. The average molecular weight is 150 g/mol. The minimum atomic E-state index is 0.380. The van der Waals surface area contributed by atoms with Gasteiger partial charge in [0.15, 0.2) is 0 Å². The smallest absolute Gasteiger partial charge is 0.220 e. The van der Waals surface area contributed by atoms with Crippen LogP contribution in [0.25, 0.3) is 0 Å². The number of aromatic nitrogens is 2. The van der Waals surface area contributed by atoms with Crippen LogP contribution in [0.4, 0.5) is 5.95 Å². The van der Waals surface area contributed by atoms with Gasteiger partial charge in [0.05, 0.1) is 5.69 Å². The topological polar surface area (TPSA) is 63.8 Å². The SMILES string of the molecule is Nc1ncc2c(n1)CCNC2. The first-order valence-electron chi connectivity index (χ1n) is 3.67. The highest BCUT2D eigenvalue weighted by Crippen LogP contribution is 2.09. The van der Waals surface area contributed by atoms with Crippen molar-refractivity contribution in [3.63, 3.8) is 0 Å². The van der Waals surface area contributed by atoms with Gasteiger partial charge in [0.1, 0.15) is 0 Å². The number of fused-ring (bicyclic) bond motifs is 1. The molecule has 1 aliphatic heterocycles. The molecule has 0 spiro atoms. The van der Waals surface area contributed by atoms with E-state index < -0.39 is 0 Å². The molecule has 3 N–H and O–H groups in total. The minimum Gasteiger partial charge on any atom is -0.368 e. The van der Waals surface area contributed by atoms with Gasteiger partial charge < -0.3 is 11.1 Å². The summed E-state index contributed by atoms with van der Waals surface area (Å²) in [5, 5.41) is 3.24. The minimum absolute atomic E-state index is 0.380. The van der Waals surface area contributed by atoms with Crippen LogP contribution >= 0.6 is 0 Å². The van der Waals surface area contributed by atoms with Gasteiger partial charge in [-0.05, 0) is 0 Å². The van der Waals surface area contributed by atoms with Gasteiger partial charge in [-0.25, -0.2) is 9.97 Å². The quantitative estimate of drug-likeness (QED) is 0.533. The molecule has 0 fully saturated rings. The first-order valence-corrected chi connectivity index (χ1v) is 3.67. The Morgan fingerprint density at radius 2 is 2.45 bits per heavy atom. The third kappa shape index (κ3) is 1.17. The zero-order valence-electron chi connectivity index (χ0n) is 6.17. The van der Waals surface area contributed by atoms with Crippen molar-refractivity contribution in [1.82, 2.24) is 15.3 Å². The normalized spacial score (nSPS) is 16.0. The van der Waals surface area contributed by atoms with E-state index in [0.29, 0.717) is 5.95 Å². The van der Waals surface area contributed by atoms with E-state index in [0.717, 1.165) is 25.2 Å². The number of nitrogens with zero attached hydrogens (tertiary/aromatic N) is 2. The lowest BCUT2D eigenvalue weighted by molar-refractivity contribution is 0.627. The Hall–Kier alpha value is -1.16. The van der Waals surface area contributed by atoms with Crippen LogP contribution in [0.2, 0.25) is 0 Å². The molecule has 1 aliphatic rings. The summed E-state index contributed by atoms with van der Waals surface area (Å²) in [5.74, 6) is 0.380. The zero-order valence-corrected chi connectivity index (χ0v) is 6.17. The van der Waals surface area contributed by atoms with Gasteiger partial charge in [-0.15, -0.1) is 0 Å². The molecule has 0 amide bonds. The van der Waals surface area contributed by atoms with Crippen LogP contribution in [0.5, 0.6) is 0 Å². The molecule has 0 aromatic carbocycles. The molecule has 11 heavy (non-hydrogen) atoms. The fourth-order valence-corrected chi connectivity index (χ4v) is 1.25. The molecular weight excluding hydrogens is 140 g/mol. The number of hydrogen-bond donors (Lipinski definition) is 2. The molecule has 0 bridgehead atoms. The van der Waals surface area contributed by atoms with Gasteiger partial charge in [-0.1, -0.05) is 0 Å². The van der Waals surface area contributed by atoms with Crippen molar-refractivity contribution < 1.29 is 0 Å². The van der Waals surface area contributed by atoms with Gasteiger partial charge in [0, 0.05) is 31.3 Å². The average Bonchev–Trinajstić information content (AvgIpc) is 2.04. The maximum atomic E-state index is 5.44. The van der Waals surface area contributed by atoms with Crippen LogP contribution in [0, 0.1) is 0 Å². The van der Waals surface area contributed by atoms with Crippen LogP contribution in [0.15, 0.2) is 6.20 Å². The number of nitrogen functional groups attached to an aromatic ring is 1. The van der Waals surface area contributed by atoms with Crippen LogP contribution in [-0.4, -0.2) is 16.5 Å². The highest BCUT2D eigenvalue weighted by molar-refractivity contribution is 5.26. The molecule has 0 saturated heterocycles. The van der Waals surface area contributed by atoms with Gasteiger partial charge >= 0.3 is 0 Å². The van der Waals surface area contributed by atoms with Gasteiger partial charge in [-0.3, -0.25) is 0 Å². The molecular formula is C7H10N4. The second-order valence-corrected chi connectivity index (χ2v) is 2.63. The molecule has 0 saturated carbocycles. The van der Waals surface area contributed by atoms with Gasteiger partial charge in [-0.2, -0.15) is 0 Å². The molecule has 2 heterocycles. The van der Waals surface area contributed by atoms with Crippen molar-refractivity contribution in [2.75, 3.05) is 12.3 Å². The number of anilines is 1. The summed E-state index contributed by atoms with van der Waals surface area (Å²) in [4.78, 5) is 8.06. The summed E-state index contributed by atoms with van der Waals surface area (Å²) in [6.45, 7) is 1.86. The number of nitrogens with two attached hydrogens (primary N) is 1. The summed E-state index contributed by atoms with van der Waals surface area (Å²) < 4.78 is 0. The Bertz CT molecular complexity index is 271. The highest BCUT2D eigenvalue weighted by atomic mass is 15.0. The Morgan fingerprint density at radius 1 is 1.55 bits per heavy atom. The van der Waals surface area contributed by atoms with E-state index in [-0.39, 0.29) is 0 Å². The highest BCUT2D eigenvalue weighted by Gasteiger charge is 2.09. The van der Waals surface area contributed by atoms with E-state index in [1.165, 1.54) is 5.56 Å². The number of rotatable bonds is 0. The predicted molar refractivity (Wildman–Crippen MR) is 41.9 cm³/mol. The second kappa shape index (κ2) is 2.47. The Kier molecular flexibility index (Phi) is 1.47.